The predicted octanol–water partition coefficient (Wildman–Crippen LogP) is -0.438. The molecule has 0 atom stereocenters. The fourth-order valence-corrected chi connectivity index (χ4v) is 1.03. The summed E-state index contributed by atoms with van der Waals surface area (Å²) in [6.07, 6.45) is 1.39. The van der Waals surface area contributed by atoms with Crippen molar-refractivity contribution in [2.24, 2.45) is 0 Å². The Bertz CT molecular complexity index is 428. The van der Waals surface area contributed by atoms with Gasteiger partial charge in [0.15, 0.2) is 0 Å². The van der Waals surface area contributed by atoms with E-state index in [-0.39, 0.29) is 17.7 Å². The van der Waals surface area contributed by atoms with E-state index in [0.717, 1.165) is 0 Å². The Morgan fingerprint density at radius 1 is 1.64 bits per heavy atom. The van der Waals surface area contributed by atoms with E-state index in [1.54, 1.807) is 0 Å². The van der Waals surface area contributed by atoms with Crippen LogP contribution in [0, 0.1) is 0 Å². The van der Waals surface area contributed by atoms with Crippen LogP contribution in [0.3, 0.4) is 0 Å². The zero-order valence-corrected chi connectivity index (χ0v) is 7.27. The van der Waals surface area contributed by atoms with Gasteiger partial charge in [-0.3, -0.25) is 15.4 Å². The summed E-state index contributed by atoms with van der Waals surface area (Å²) in [7, 11) is 0. The number of nitrogens with one attached hydrogen (secondary N) is 2. The van der Waals surface area contributed by atoms with Gasteiger partial charge in [-0.25, -0.2) is 0 Å². The van der Waals surface area contributed by atoms with Crippen LogP contribution in [0.25, 0.3) is 0 Å². The highest BCUT2D eigenvalue weighted by Gasteiger charge is 2.25. The Hall–Kier alpha value is -2.18. The van der Waals surface area contributed by atoms with E-state index in [1.165, 1.54) is 13.3 Å². The number of carbonyl (C=O) groups is 1. The van der Waals surface area contributed by atoms with Crippen LogP contribution in [0.4, 0.5) is 17.5 Å². The number of rotatable bonds is 1. The molecule has 7 heteroatoms. The number of hydrogen-bond acceptors (Lipinski definition) is 6. The van der Waals surface area contributed by atoms with Crippen LogP contribution in [-0.2, 0) is 4.79 Å². The summed E-state index contributed by atoms with van der Waals surface area (Å²) in [5.41, 5.74) is 0.346. The molecule has 1 amide bonds. The molecule has 3 N–H and O–H groups in total. The lowest BCUT2D eigenvalue weighted by molar-refractivity contribution is -0.114. The second-order valence-corrected chi connectivity index (χ2v) is 2.65. The molecular formula is C7H7N5O2+. The van der Waals surface area contributed by atoms with Crippen LogP contribution in [0.2, 0.25) is 0 Å². The number of aliphatic imine (C=N–C) groups is 1. The number of fused-ring (bicyclic) bond motifs is 1. The number of amides is 1. The van der Waals surface area contributed by atoms with Crippen LogP contribution in [0.1, 0.15) is 6.92 Å². The molecule has 1 aliphatic rings. The number of nitrogens with zero attached hydrogens (tertiary/aromatic N) is 3. The first-order chi connectivity index (χ1) is 6.66. The number of anilines is 2. The molecule has 0 saturated carbocycles. The fraction of sp³-hybridized carbons (Fsp3) is 0.143. The highest BCUT2D eigenvalue weighted by molar-refractivity contribution is 5.92. The van der Waals surface area contributed by atoms with Crippen LogP contribution >= 0.6 is 0 Å². The minimum atomic E-state index is -0.306. The van der Waals surface area contributed by atoms with Crippen LogP contribution in [0.15, 0.2) is 0 Å². The lowest BCUT2D eigenvalue weighted by atomic mass is 10.4. The van der Waals surface area contributed by atoms with Crippen molar-refractivity contribution in [3.8, 4) is 5.88 Å². The average Bonchev–Trinajstić information content (AvgIpc) is 2.50. The Balaban J connectivity index is 2.40. The van der Waals surface area contributed by atoms with Crippen molar-refractivity contribution in [1.29, 1.82) is 0 Å². The van der Waals surface area contributed by atoms with Gasteiger partial charge in [0.2, 0.25) is 17.9 Å². The van der Waals surface area contributed by atoms with E-state index in [1.807, 2.05) is 0 Å². The topological polar surface area (TPSA) is 101 Å². The number of aromatic nitrogens is 2. The summed E-state index contributed by atoms with van der Waals surface area (Å²) < 4.78 is 0. The summed E-state index contributed by atoms with van der Waals surface area (Å²) in [5.74, 6) is -0.202. The van der Waals surface area contributed by atoms with Gasteiger partial charge in [0.25, 0.3) is 5.88 Å². The molecule has 2 heterocycles. The zero-order chi connectivity index (χ0) is 10.1. The molecule has 1 aromatic rings. The highest BCUT2D eigenvalue weighted by atomic mass is 16.3. The van der Waals surface area contributed by atoms with Gasteiger partial charge in [-0.1, -0.05) is 9.98 Å². The van der Waals surface area contributed by atoms with Crippen molar-refractivity contribution in [1.82, 2.24) is 15.0 Å². The van der Waals surface area contributed by atoms with Crippen LogP contribution < -0.4 is 15.6 Å². The summed E-state index contributed by atoms with van der Waals surface area (Å²) in [6.45, 7) is 1.33. The summed E-state index contributed by atoms with van der Waals surface area (Å²) in [5, 5.41) is 14.4. The van der Waals surface area contributed by atoms with Crippen LogP contribution in [-0.4, -0.2) is 27.3 Å². The third kappa shape index (κ3) is 1.35. The zero-order valence-electron chi connectivity index (χ0n) is 7.27. The minimum Gasteiger partial charge on any atom is -0.490 e. The maximum Gasteiger partial charge on any atom is 0.345 e. The maximum absolute atomic E-state index is 10.7. The molecule has 2 rings (SSSR count). The number of carbonyl (C=O) groups excluding carboxylic acids is 1. The quantitative estimate of drug-likeness (QED) is 0.561. The average molecular weight is 193 g/mol. The van der Waals surface area contributed by atoms with E-state index in [9.17, 15) is 9.90 Å². The molecule has 1 radical (unpaired) electrons. The molecule has 1 aliphatic heterocycles. The summed E-state index contributed by atoms with van der Waals surface area (Å²) in [4.78, 5) is 22.1. The van der Waals surface area contributed by atoms with E-state index in [2.05, 4.69) is 25.6 Å². The van der Waals surface area contributed by atoms with Crippen molar-refractivity contribution in [3.63, 3.8) is 0 Å². The van der Waals surface area contributed by atoms with Gasteiger partial charge in [-0.15, -0.1) is 0 Å². The van der Waals surface area contributed by atoms with Crippen LogP contribution in [0.5, 0.6) is 5.88 Å². The molecule has 0 bridgehead atoms. The highest BCUT2D eigenvalue weighted by Crippen LogP contribution is 2.30. The maximum atomic E-state index is 10.7. The Morgan fingerprint density at radius 3 is 3.14 bits per heavy atom. The first kappa shape index (κ1) is 8.42. The Morgan fingerprint density at radius 2 is 2.43 bits per heavy atom. The number of hydrogen-bond donors (Lipinski definition) is 3. The third-order valence-electron chi connectivity index (χ3n) is 1.55. The van der Waals surface area contributed by atoms with E-state index >= 15 is 0 Å². The van der Waals surface area contributed by atoms with E-state index in [4.69, 9.17) is 0 Å². The van der Waals surface area contributed by atoms with E-state index < -0.39 is 0 Å². The fourth-order valence-electron chi connectivity index (χ4n) is 1.03. The molecule has 0 spiro atoms. The van der Waals surface area contributed by atoms with E-state index in [0.29, 0.717) is 11.5 Å². The van der Waals surface area contributed by atoms with Crippen molar-refractivity contribution in [2.75, 3.05) is 10.6 Å². The molecule has 71 valence electrons. The smallest absolute Gasteiger partial charge is 0.345 e. The molecule has 0 aromatic carbocycles. The van der Waals surface area contributed by atoms with Gasteiger partial charge in [0.1, 0.15) is 0 Å². The predicted molar refractivity (Wildman–Crippen MR) is 49.5 cm³/mol. The third-order valence-corrected chi connectivity index (χ3v) is 1.55. The molecule has 7 nitrogen and oxygen atoms in total. The lowest BCUT2D eigenvalue weighted by Crippen LogP contribution is -2.09. The Labute approximate surface area is 78.9 Å². The van der Waals surface area contributed by atoms with Gasteiger partial charge >= 0.3 is 11.8 Å². The Kier molecular flexibility index (Phi) is 1.77. The minimum absolute atomic E-state index is 0.0367. The first-order valence-corrected chi connectivity index (χ1v) is 3.84. The molecule has 0 fully saturated rings. The SMILES string of the molecule is CC(=O)Nc1nc(O)c2c(n1)[N+]=CN2. The van der Waals surface area contributed by atoms with Gasteiger partial charge in [0.05, 0.1) is 0 Å². The van der Waals surface area contributed by atoms with Gasteiger partial charge in [-0.05, 0) is 0 Å². The van der Waals surface area contributed by atoms with Crippen molar-refractivity contribution in [2.45, 2.75) is 6.92 Å². The standard InChI is InChI=1S/C7H7N5O2/c1-3(13)10-7-11-5-4(6(14)12-7)8-2-9-5/h2,8H,1H3,(H2,10,11,12,13,14)/q+1. The molecule has 1 aromatic heterocycles. The molecule has 0 aliphatic carbocycles. The second kappa shape index (κ2) is 2.95. The normalized spacial score (nSPS) is 12.1. The van der Waals surface area contributed by atoms with Gasteiger partial charge in [-0.2, -0.15) is 4.98 Å². The molecule has 14 heavy (non-hydrogen) atoms. The second-order valence-electron chi connectivity index (χ2n) is 2.65. The monoisotopic (exact) mass is 193 g/mol. The first-order valence-electron chi connectivity index (χ1n) is 3.84. The lowest BCUT2D eigenvalue weighted by Gasteiger charge is -1.97. The summed E-state index contributed by atoms with van der Waals surface area (Å²) >= 11 is 0. The molecular weight excluding hydrogens is 186 g/mol. The molecule has 0 saturated heterocycles. The molecule has 0 unspecified atom stereocenters. The number of aromatic hydroxyl groups is 1. The van der Waals surface area contributed by atoms with Crippen molar-refractivity contribution in [3.05, 3.63) is 0 Å². The van der Waals surface area contributed by atoms with Gasteiger partial charge < -0.3 is 5.11 Å². The van der Waals surface area contributed by atoms with Crippen molar-refractivity contribution >= 4 is 29.7 Å². The largest absolute Gasteiger partial charge is 0.490 e. The van der Waals surface area contributed by atoms with Crippen molar-refractivity contribution < 1.29 is 9.90 Å². The van der Waals surface area contributed by atoms with Gasteiger partial charge in [0, 0.05) is 6.92 Å². The summed E-state index contributed by atoms with van der Waals surface area (Å²) in [6, 6.07) is 0.